The maximum absolute atomic E-state index is 5.44. The highest BCUT2D eigenvalue weighted by molar-refractivity contribution is 5.27. The summed E-state index contributed by atoms with van der Waals surface area (Å²) in [6, 6.07) is 9.08. The van der Waals surface area contributed by atoms with Crippen molar-refractivity contribution in [2.45, 2.75) is 45.2 Å². The molecule has 1 aromatic carbocycles. The number of piperidine rings is 1. The fourth-order valence-electron chi connectivity index (χ4n) is 2.55. The average molecular weight is 262 g/mol. The van der Waals surface area contributed by atoms with Gasteiger partial charge in [-0.15, -0.1) is 0 Å². The molecule has 1 aliphatic rings. The van der Waals surface area contributed by atoms with Gasteiger partial charge >= 0.3 is 0 Å². The molecule has 0 saturated carbocycles. The Labute approximate surface area is 116 Å². The monoisotopic (exact) mass is 262 g/mol. The van der Waals surface area contributed by atoms with Gasteiger partial charge < -0.3 is 15.4 Å². The SMILES string of the molecule is CCOc1ccc(CNCCC2CCCCN2)cc1. The fraction of sp³-hybridized carbons (Fsp3) is 0.625. The molecule has 0 aromatic heterocycles. The Morgan fingerprint density at radius 1 is 1.26 bits per heavy atom. The molecule has 19 heavy (non-hydrogen) atoms. The lowest BCUT2D eigenvalue weighted by molar-refractivity contribution is 0.340. The Kier molecular flexibility index (Phi) is 6.18. The van der Waals surface area contributed by atoms with Crippen molar-refractivity contribution < 1.29 is 4.74 Å². The summed E-state index contributed by atoms with van der Waals surface area (Å²) in [6.07, 6.45) is 5.30. The maximum atomic E-state index is 5.44. The van der Waals surface area contributed by atoms with Crippen LogP contribution in [0.25, 0.3) is 0 Å². The smallest absolute Gasteiger partial charge is 0.119 e. The minimum Gasteiger partial charge on any atom is -0.494 e. The first-order chi connectivity index (χ1) is 9.38. The lowest BCUT2D eigenvalue weighted by Crippen LogP contribution is -2.36. The second-order valence-corrected chi connectivity index (χ2v) is 5.19. The summed E-state index contributed by atoms with van der Waals surface area (Å²) in [6.45, 7) is 5.97. The van der Waals surface area contributed by atoms with Crippen LogP contribution in [-0.4, -0.2) is 25.7 Å². The van der Waals surface area contributed by atoms with E-state index >= 15 is 0 Å². The molecule has 0 radical (unpaired) electrons. The van der Waals surface area contributed by atoms with Crippen LogP contribution < -0.4 is 15.4 Å². The molecule has 0 aliphatic carbocycles. The molecule has 2 N–H and O–H groups in total. The average Bonchev–Trinajstić information content (AvgIpc) is 2.47. The minimum atomic E-state index is 0.724. The Balaban J connectivity index is 1.62. The number of hydrogen-bond donors (Lipinski definition) is 2. The lowest BCUT2D eigenvalue weighted by atomic mass is 10.0. The van der Waals surface area contributed by atoms with Crippen molar-refractivity contribution in [3.05, 3.63) is 29.8 Å². The van der Waals surface area contributed by atoms with E-state index in [9.17, 15) is 0 Å². The highest BCUT2D eigenvalue weighted by atomic mass is 16.5. The van der Waals surface area contributed by atoms with Crippen molar-refractivity contribution in [2.24, 2.45) is 0 Å². The van der Waals surface area contributed by atoms with Crippen molar-refractivity contribution in [1.82, 2.24) is 10.6 Å². The van der Waals surface area contributed by atoms with Crippen LogP contribution in [0, 0.1) is 0 Å². The molecular weight excluding hydrogens is 236 g/mol. The van der Waals surface area contributed by atoms with Crippen molar-refractivity contribution in [2.75, 3.05) is 19.7 Å². The van der Waals surface area contributed by atoms with Crippen LogP contribution in [0.2, 0.25) is 0 Å². The van der Waals surface area contributed by atoms with Crippen LogP contribution in [0.3, 0.4) is 0 Å². The van der Waals surface area contributed by atoms with Gasteiger partial charge in [0.05, 0.1) is 6.61 Å². The van der Waals surface area contributed by atoms with Crippen LogP contribution in [-0.2, 0) is 6.54 Å². The molecule has 0 amide bonds. The van der Waals surface area contributed by atoms with Crippen LogP contribution in [0.4, 0.5) is 0 Å². The maximum Gasteiger partial charge on any atom is 0.119 e. The first-order valence-electron chi connectivity index (χ1n) is 7.54. The van der Waals surface area contributed by atoms with Gasteiger partial charge in [0, 0.05) is 12.6 Å². The van der Waals surface area contributed by atoms with Crippen LogP contribution in [0.5, 0.6) is 5.75 Å². The predicted octanol–water partition coefficient (Wildman–Crippen LogP) is 2.71. The molecular formula is C16H26N2O. The molecule has 3 heteroatoms. The molecule has 1 atom stereocenters. The number of nitrogens with one attached hydrogen (secondary N) is 2. The summed E-state index contributed by atoms with van der Waals surface area (Å²) in [4.78, 5) is 0. The van der Waals surface area contributed by atoms with E-state index in [-0.39, 0.29) is 0 Å². The van der Waals surface area contributed by atoms with Gasteiger partial charge in [0.15, 0.2) is 0 Å². The van der Waals surface area contributed by atoms with Crippen molar-refractivity contribution in [1.29, 1.82) is 0 Å². The van der Waals surface area contributed by atoms with Crippen LogP contribution in [0.15, 0.2) is 24.3 Å². The van der Waals surface area contributed by atoms with Gasteiger partial charge in [0.1, 0.15) is 5.75 Å². The van der Waals surface area contributed by atoms with Crippen molar-refractivity contribution in [3.63, 3.8) is 0 Å². The van der Waals surface area contributed by atoms with Gasteiger partial charge in [-0.25, -0.2) is 0 Å². The molecule has 3 nitrogen and oxygen atoms in total. The van der Waals surface area contributed by atoms with Gasteiger partial charge in [0.2, 0.25) is 0 Å². The molecule has 1 aliphatic heterocycles. The topological polar surface area (TPSA) is 33.3 Å². The fourth-order valence-corrected chi connectivity index (χ4v) is 2.55. The van der Waals surface area contributed by atoms with E-state index in [1.807, 2.05) is 19.1 Å². The summed E-state index contributed by atoms with van der Waals surface area (Å²) in [5, 5.41) is 7.10. The molecule has 106 valence electrons. The van der Waals surface area contributed by atoms with E-state index in [4.69, 9.17) is 4.74 Å². The lowest BCUT2D eigenvalue weighted by Gasteiger charge is -2.23. The molecule has 1 aromatic rings. The van der Waals surface area contributed by atoms with E-state index in [2.05, 4.69) is 22.8 Å². The van der Waals surface area contributed by atoms with Gasteiger partial charge in [0.25, 0.3) is 0 Å². The normalized spacial score (nSPS) is 19.3. The summed E-state index contributed by atoms with van der Waals surface area (Å²) >= 11 is 0. The molecule has 1 saturated heterocycles. The van der Waals surface area contributed by atoms with E-state index in [1.165, 1.54) is 37.8 Å². The van der Waals surface area contributed by atoms with Crippen LogP contribution >= 0.6 is 0 Å². The van der Waals surface area contributed by atoms with Gasteiger partial charge in [-0.05, 0) is 57.0 Å². The number of benzene rings is 1. The molecule has 0 bridgehead atoms. The quantitative estimate of drug-likeness (QED) is 0.741. The Bertz CT molecular complexity index is 344. The van der Waals surface area contributed by atoms with E-state index in [1.54, 1.807) is 0 Å². The van der Waals surface area contributed by atoms with Gasteiger partial charge in [-0.3, -0.25) is 0 Å². The van der Waals surface area contributed by atoms with Crippen molar-refractivity contribution in [3.8, 4) is 5.75 Å². The molecule has 2 rings (SSSR count). The van der Waals surface area contributed by atoms with E-state index in [0.29, 0.717) is 0 Å². The highest BCUT2D eigenvalue weighted by Crippen LogP contribution is 2.12. The third kappa shape index (κ3) is 5.21. The molecule has 1 unspecified atom stereocenters. The Morgan fingerprint density at radius 3 is 2.79 bits per heavy atom. The number of hydrogen-bond acceptors (Lipinski definition) is 3. The first kappa shape index (κ1) is 14.4. The summed E-state index contributed by atoms with van der Waals surface area (Å²) in [5.41, 5.74) is 1.32. The molecule has 0 spiro atoms. The number of ether oxygens (including phenoxy) is 1. The Morgan fingerprint density at radius 2 is 2.11 bits per heavy atom. The Hall–Kier alpha value is -1.06. The third-order valence-corrected chi connectivity index (χ3v) is 3.65. The largest absolute Gasteiger partial charge is 0.494 e. The molecule has 1 fully saturated rings. The standard InChI is InChI=1S/C16H26N2O/c1-2-19-16-8-6-14(7-9-16)13-17-12-10-15-5-3-4-11-18-15/h6-9,15,17-18H,2-5,10-13H2,1H3. The number of rotatable bonds is 7. The first-order valence-corrected chi connectivity index (χ1v) is 7.54. The second kappa shape index (κ2) is 8.18. The van der Waals surface area contributed by atoms with Crippen LogP contribution in [0.1, 0.15) is 38.2 Å². The summed E-state index contributed by atoms with van der Waals surface area (Å²) in [7, 11) is 0. The second-order valence-electron chi connectivity index (χ2n) is 5.19. The third-order valence-electron chi connectivity index (χ3n) is 3.65. The van der Waals surface area contributed by atoms with Gasteiger partial charge in [-0.1, -0.05) is 18.6 Å². The summed E-state index contributed by atoms with van der Waals surface area (Å²) < 4.78 is 5.44. The zero-order valence-corrected chi connectivity index (χ0v) is 12.0. The van der Waals surface area contributed by atoms with Crippen molar-refractivity contribution >= 4 is 0 Å². The zero-order chi connectivity index (χ0) is 13.3. The van der Waals surface area contributed by atoms with E-state index < -0.39 is 0 Å². The van der Waals surface area contributed by atoms with Gasteiger partial charge in [-0.2, -0.15) is 0 Å². The minimum absolute atomic E-state index is 0.724. The highest BCUT2D eigenvalue weighted by Gasteiger charge is 2.11. The summed E-state index contributed by atoms with van der Waals surface area (Å²) in [5.74, 6) is 0.956. The van der Waals surface area contributed by atoms with E-state index in [0.717, 1.165) is 31.5 Å². The predicted molar refractivity (Wildman–Crippen MR) is 79.6 cm³/mol. The molecule has 1 heterocycles. The zero-order valence-electron chi connectivity index (χ0n) is 12.0.